The highest BCUT2D eigenvalue weighted by Gasteiger charge is 2.14. The largest absolute Gasteiger partial charge is 0.497 e. The van der Waals surface area contributed by atoms with E-state index in [1.165, 1.54) is 0 Å². The molecule has 5 rings (SSSR count). The van der Waals surface area contributed by atoms with Crippen molar-refractivity contribution in [3.05, 3.63) is 85.1 Å². The van der Waals surface area contributed by atoms with Crippen LogP contribution in [0, 0.1) is 0 Å². The lowest BCUT2D eigenvalue weighted by Gasteiger charge is -2.25. The minimum Gasteiger partial charge on any atom is -0.497 e. The molecule has 0 amide bonds. The van der Waals surface area contributed by atoms with Crippen molar-refractivity contribution in [2.45, 2.75) is 0 Å². The first-order chi connectivity index (χ1) is 18.6. The molecule has 3 heterocycles. The Kier molecular flexibility index (Phi) is 7.17. The van der Waals surface area contributed by atoms with E-state index in [-0.39, 0.29) is 0 Å². The third-order valence-corrected chi connectivity index (χ3v) is 6.07. The van der Waals surface area contributed by atoms with Crippen molar-refractivity contribution < 1.29 is 14.2 Å². The summed E-state index contributed by atoms with van der Waals surface area (Å²) in [5, 5.41) is 4.26. The molecule has 0 spiro atoms. The Morgan fingerprint density at radius 2 is 1.68 bits per heavy atom. The maximum Gasteiger partial charge on any atom is 0.144 e. The van der Waals surface area contributed by atoms with Crippen LogP contribution in [0.2, 0.25) is 0 Å². The van der Waals surface area contributed by atoms with Gasteiger partial charge in [0.15, 0.2) is 0 Å². The van der Waals surface area contributed by atoms with Gasteiger partial charge >= 0.3 is 0 Å². The molecule has 0 fully saturated rings. The summed E-state index contributed by atoms with van der Waals surface area (Å²) in [4.78, 5) is 16.1. The van der Waals surface area contributed by atoms with Crippen molar-refractivity contribution in [1.82, 2.24) is 24.7 Å². The van der Waals surface area contributed by atoms with E-state index >= 15 is 0 Å². The van der Waals surface area contributed by atoms with Crippen LogP contribution < -0.4 is 19.1 Å². The van der Waals surface area contributed by atoms with E-state index in [4.69, 9.17) is 19.2 Å². The Balaban J connectivity index is 1.56. The Bertz CT molecular complexity index is 1570. The number of aromatic nitrogens is 5. The second-order valence-corrected chi connectivity index (χ2v) is 8.51. The maximum absolute atomic E-state index is 5.54. The summed E-state index contributed by atoms with van der Waals surface area (Å²) in [5.74, 6) is 2.10. The van der Waals surface area contributed by atoms with Crippen LogP contribution in [0.4, 0.5) is 11.4 Å². The molecule has 0 unspecified atom stereocenters. The standard InChI is InChI=1S/C29H28N6O3/c1-34-19-20(17-32-34)28-18-31-25-10-9-21(15-27(25)33-28)35(22-13-23(36-2)16-24(14-22)37-3)12-6-7-26-29(38-4)8-5-11-30-26/h5-11,13-19H,12H2,1-4H3. The van der Waals surface area contributed by atoms with Crippen molar-refractivity contribution in [2.24, 2.45) is 7.05 Å². The van der Waals surface area contributed by atoms with Crippen LogP contribution in [-0.4, -0.2) is 52.6 Å². The Morgan fingerprint density at radius 3 is 2.39 bits per heavy atom. The van der Waals surface area contributed by atoms with Gasteiger partial charge in [0.05, 0.1) is 50.5 Å². The number of rotatable bonds is 9. The lowest BCUT2D eigenvalue weighted by atomic mass is 10.2. The van der Waals surface area contributed by atoms with Gasteiger partial charge in [0.2, 0.25) is 0 Å². The Labute approximate surface area is 221 Å². The summed E-state index contributed by atoms with van der Waals surface area (Å²) in [7, 11) is 6.80. The van der Waals surface area contributed by atoms with E-state index in [0.29, 0.717) is 23.8 Å². The zero-order chi connectivity index (χ0) is 26.5. The Morgan fingerprint density at radius 1 is 0.868 bits per heavy atom. The summed E-state index contributed by atoms with van der Waals surface area (Å²) < 4.78 is 18.3. The van der Waals surface area contributed by atoms with Crippen LogP contribution in [0.15, 0.2) is 79.4 Å². The minimum absolute atomic E-state index is 0.539. The average Bonchev–Trinajstić information content (AvgIpc) is 3.40. The van der Waals surface area contributed by atoms with Crippen LogP contribution in [0.1, 0.15) is 5.69 Å². The highest BCUT2D eigenvalue weighted by molar-refractivity contribution is 5.83. The lowest BCUT2D eigenvalue weighted by molar-refractivity contribution is 0.394. The van der Waals surface area contributed by atoms with Crippen molar-refractivity contribution in [1.29, 1.82) is 0 Å². The molecule has 9 heteroatoms. The summed E-state index contributed by atoms with van der Waals surface area (Å²) >= 11 is 0. The summed E-state index contributed by atoms with van der Waals surface area (Å²) in [6, 6.07) is 15.6. The molecule has 0 bridgehead atoms. The van der Waals surface area contributed by atoms with Crippen molar-refractivity contribution in [2.75, 3.05) is 32.8 Å². The quantitative estimate of drug-likeness (QED) is 0.265. The van der Waals surface area contributed by atoms with Crippen molar-refractivity contribution in [3.8, 4) is 28.5 Å². The SMILES string of the molecule is COc1cc(OC)cc(N(CC=Cc2ncccc2OC)c2ccc3ncc(-c4cnn(C)c4)nc3c2)c1. The zero-order valence-electron chi connectivity index (χ0n) is 21.7. The molecule has 5 aromatic rings. The van der Waals surface area contributed by atoms with Crippen molar-refractivity contribution >= 4 is 28.5 Å². The van der Waals surface area contributed by atoms with E-state index in [9.17, 15) is 0 Å². The van der Waals surface area contributed by atoms with Gasteiger partial charge < -0.3 is 19.1 Å². The van der Waals surface area contributed by atoms with Gasteiger partial charge in [-0.2, -0.15) is 5.10 Å². The number of anilines is 2. The molecule has 0 atom stereocenters. The molecule has 38 heavy (non-hydrogen) atoms. The zero-order valence-corrected chi connectivity index (χ0v) is 21.7. The van der Waals surface area contributed by atoms with Gasteiger partial charge in [-0.15, -0.1) is 0 Å². The summed E-state index contributed by atoms with van der Waals surface area (Å²) in [5.41, 5.74) is 5.84. The number of hydrogen-bond donors (Lipinski definition) is 0. The Hall–Kier alpha value is -4.92. The molecule has 0 saturated carbocycles. The van der Waals surface area contributed by atoms with E-state index in [1.807, 2.05) is 73.9 Å². The monoisotopic (exact) mass is 508 g/mol. The van der Waals surface area contributed by atoms with E-state index < -0.39 is 0 Å². The lowest BCUT2D eigenvalue weighted by Crippen LogP contribution is -2.17. The highest BCUT2D eigenvalue weighted by atomic mass is 16.5. The minimum atomic E-state index is 0.539. The third kappa shape index (κ3) is 5.27. The fourth-order valence-electron chi connectivity index (χ4n) is 4.14. The van der Waals surface area contributed by atoms with E-state index in [2.05, 4.69) is 20.0 Å². The molecule has 192 valence electrons. The summed E-state index contributed by atoms with van der Waals surface area (Å²) in [6.07, 6.45) is 11.2. The molecule has 0 saturated heterocycles. The first-order valence-electron chi connectivity index (χ1n) is 12.0. The normalized spacial score (nSPS) is 11.2. The number of pyridine rings is 1. The number of nitrogens with zero attached hydrogens (tertiary/aromatic N) is 6. The van der Waals surface area contributed by atoms with Gasteiger partial charge in [-0.25, -0.2) is 4.98 Å². The molecule has 0 aliphatic rings. The molecular formula is C29H28N6O3. The molecule has 0 radical (unpaired) electrons. The molecular weight excluding hydrogens is 480 g/mol. The molecule has 9 nitrogen and oxygen atoms in total. The topological polar surface area (TPSA) is 87.4 Å². The van der Waals surface area contributed by atoms with Gasteiger partial charge in [-0.1, -0.05) is 6.08 Å². The highest BCUT2D eigenvalue weighted by Crippen LogP contribution is 2.34. The number of methoxy groups -OCH3 is 3. The number of fused-ring (bicyclic) bond motifs is 1. The fourth-order valence-corrected chi connectivity index (χ4v) is 4.14. The smallest absolute Gasteiger partial charge is 0.144 e. The molecule has 2 aromatic carbocycles. The number of benzene rings is 2. The predicted octanol–water partition coefficient (Wildman–Crippen LogP) is 5.30. The van der Waals surface area contributed by atoms with Crippen LogP contribution >= 0.6 is 0 Å². The molecule has 0 aliphatic heterocycles. The van der Waals surface area contributed by atoms with Gasteiger partial charge in [0.25, 0.3) is 0 Å². The predicted molar refractivity (Wildman–Crippen MR) is 148 cm³/mol. The third-order valence-electron chi connectivity index (χ3n) is 6.07. The molecule has 0 aliphatic carbocycles. The molecule has 3 aromatic heterocycles. The van der Waals surface area contributed by atoms with E-state index in [1.54, 1.807) is 44.6 Å². The van der Waals surface area contributed by atoms with Crippen LogP contribution in [0.25, 0.3) is 28.4 Å². The van der Waals surface area contributed by atoms with Gasteiger partial charge in [0.1, 0.15) is 22.9 Å². The number of aryl methyl sites for hydroxylation is 1. The van der Waals surface area contributed by atoms with Gasteiger partial charge in [0, 0.05) is 61.1 Å². The first-order valence-corrected chi connectivity index (χ1v) is 12.0. The molecule has 0 N–H and O–H groups in total. The van der Waals surface area contributed by atoms with Crippen LogP contribution in [0.5, 0.6) is 17.2 Å². The van der Waals surface area contributed by atoms with Crippen molar-refractivity contribution in [3.63, 3.8) is 0 Å². The first kappa shape index (κ1) is 24.8. The fraction of sp³-hybridized carbons (Fsp3) is 0.172. The number of hydrogen-bond acceptors (Lipinski definition) is 8. The van der Waals surface area contributed by atoms with E-state index in [0.717, 1.165) is 39.4 Å². The van der Waals surface area contributed by atoms with Gasteiger partial charge in [-0.05, 0) is 36.4 Å². The second kappa shape index (κ2) is 11.0. The maximum atomic E-state index is 5.54. The second-order valence-electron chi connectivity index (χ2n) is 8.51. The van der Waals surface area contributed by atoms with Crippen LogP contribution in [0.3, 0.4) is 0 Å². The summed E-state index contributed by atoms with van der Waals surface area (Å²) in [6.45, 7) is 0.539. The van der Waals surface area contributed by atoms with Gasteiger partial charge in [-0.3, -0.25) is 14.6 Å². The number of ether oxygens (including phenoxy) is 3. The van der Waals surface area contributed by atoms with Crippen LogP contribution in [-0.2, 0) is 7.05 Å². The average molecular weight is 509 g/mol.